The number of carbonyl (C=O) groups excluding carboxylic acids is 2. The lowest BCUT2D eigenvalue weighted by Gasteiger charge is -2.30. The Labute approximate surface area is 159 Å². The van der Waals surface area contributed by atoms with Crippen molar-refractivity contribution >= 4 is 23.4 Å². The monoisotopic (exact) mass is 385 g/mol. The van der Waals surface area contributed by atoms with Gasteiger partial charge in [0.05, 0.1) is 18.2 Å². The van der Waals surface area contributed by atoms with Crippen molar-refractivity contribution in [3.05, 3.63) is 47.7 Å². The first-order chi connectivity index (χ1) is 13.4. The summed E-state index contributed by atoms with van der Waals surface area (Å²) in [6, 6.07) is 5.52. The molecule has 11 nitrogen and oxygen atoms in total. The van der Waals surface area contributed by atoms with E-state index in [0.717, 1.165) is 12.1 Å². The van der Waals surface area contributed by atoms with Gasteiger partial charge >= 0.3 is 5.97 Å². The number of likely N-dealkylation sites (tertiary alicyclic amines) is 1. The van der Waals surface area contributed by atoms with E-state index in [2.05, 4.69) is 15.2 Å². The van der Waals surface area contributed by atoms with Crippen LogP contribution in [0.25, 0.3) is 5.65 Å². The molecule has 4 heterocycles. The van der Waals surface area contributed by atoms with Crippen molar-refractivity contribution < 1.29 is 19.5 Å². The number of rotatable bonds is 4. The van der Waals surface area contributed by atoms with Crippen LogP contribution in [0.15, 0.2) is 30.6 Å². The summed E-state index contributed by atoms with van der Waals surface area (Å²) in [6.45, 7) is 1.40. The minimum Gasteiger partial charge on any atom is -0.477 e. The smallest absolute Gasteiger partial charge is 0.354 e. The van der Waals surface area contributed by atoms with Crippen LogP contribution in [0.2, 0.25) is 0 Å². The highest BCUT2D eigenvalue weighted by molar-refractivity contribution is 6.03. The molecule has 0 radical (unpaired) electrons. The number of pyridine rings is 1. The molecule has 0 spiro atoms. The van der Waals surface area contributed by atoms with Crippen molar-refractivity contribution in [3.8, 4) is 0 Å². The maximum atomic E-state index is 11.8. The topological polar surface area (TPSA) is 149 Å². The summed E-state index contributed by atoms with van der Waals surface area (Å²) in [4.78, 5) is 39.0. The summed E-state index contributed by atoms with van der Waals surface area (Å²) in [5.41, 5.74) is 5.86. The zero-order valence-corrected chi connectivity index (χ0v) is 15.1. The fourth-order valence-electron chi connectivity index (χ4n) is 2.65. The van der Waals surface area contributed by atoms with Gasteiger partial charge < -0.3 is 15.7 Å². The molecule has 1 saturated heterocycles. The minimum absolute atomic E-state index is 0.0492. The van der Waals surface area contributed by atoms with Crippen LogP contribution in [0.3, 0.4) is 0 Å². The zero-order valence-electron chi connectivity index (χ0n) is 15.1. The van der Waals surface area contributed by atoms with Crippen molar-refractivity contribution in [2.45, 2.75) is 12.8 Å². The van der Waals surface area contributed by atoms with E-state index in [-0.39, 0.29) is 23.6 Å². The van der Waals surface area contributed by atoms with E-state index < -0.39 is 11.9 Å². The minimum atomic E-state index is -1.13. The Balaban J connectivity index is 0.000000162. The number of hydrogen-bond donors (Lipinski definition) is 2. The number of carboxylic acids is 1. The van der Waals surface area contributed by atoms with E-state index in [4.69, 9.17) is 10.8 Å². The lowest BCUT2D eigenvalue weighted by atomic mass is 10.1. The highest BCUT2D eigenvalue weighted by Gasteiger charge is 2.28. The second-order valence-electron chi connectivity index (χ2n) is 6.16. The molecular weight excluding hydrogens is 366 g/mol. The number of nitrogens with zero attached hydrogens (tertiary/aromatic N) is 6. The van der Waals surface area contributed by atoms with Crippen molar-refractivity contribution in [3.63, 3.8) is 0 Å². The molecule has 0 bridgehead atoms. The molecule has 0 saturated carbocycles. The Morgan fingerprint density at radius 3 is 2.57 bits per heavy atom. The molecule has 2 amide bonds. The first-order valence-electron chi connectivity index (χ1n) is 8.50. The standard InChI is InChI=1S/C9H11N3O3.C8H8N4O/c1-11-7(9(14)15)6(5-10-11)8(13)12-3-2-4-12;9-6(13)5-7-10-8-3-1-2-4-12(8)11-7/h5H,2-4H2,1H3,(H,14,15);1-4H,5H2,(H2,9,13). The van der Waals surface area contributed by atoms with Crippen LogP contribution < -0.4 is 5.73 Å². The van der Waals surface area contributed by atoms with Crippen molar-refractivity contribution in [1.29, 1.82) is 0 Å². The third-order valence-electron chi connectivity index (χ3n) is 4.13. The van der Waals surface area contributed by atoms with E-state index in [1.165, 1.54) is 17.9 Å². The molecule has 3 aromatic rings. The molecule has 0 unspecified atom stereocenters. The number of primary amides is 1. The Morgan fingerprint density at radius 2 is 2.00 bits per heavy atom. The van der Waals surface area contributed by atoms with Crippen molar-refractivity contribution in [2.24, 2.45) is 12.8 Å². The molecule has 0 atom stereocenters. The highest BCUT2D eigenvalue weighted by Crippen LogP contribution is 2.15. The van der Waals surface area contributed by atoms with Gasteiger partial charge in [-0.15, -0.1) is 0 Å². The van der Waals surface area contributed by atoms with Crippen LogP contribution in [0.1, 0.15) is 33.1 Å². The number of amides is 2. The summed E-state index contributed by atoms with van der Waals surface area (Å²) in [7, 11) is 1.51. The number of fused-ring (bicyclic) bond motifs is 1. The average molecular weight is 385 g/mol. The molecule has 1 aliphatic heterocycles. The fourth-order valence-corrected chi connectivity index (χ4v) is 2.65. The van der Waals surface area contributed by atoms with Gasteiger partial charge in [0, 0.05) is 26.3 Å². The normalized spacial score (nSPS) is 12.8. The molecule has 11 heteroatoms. The fraction of sp³-hybridized carbons (Fsp3) is 0.294. The van der Waals surface area contributed by atoms with Crippen molar-refractivity contribution in [2.75, 3.05) is 13.1 Å². The molecule has 0 aliphatic carbocycles. The molecule has 28 heavy (non-hydrogen) atoms. The molecule has 146 valence electrons. The van der Waals surface area contributed by atoms with Gasteiger partial charge in [-0.25, -0.2) is 14.3 Å². The number of hydrogen-bond acceptors (Lipinski definition) is 6. The van der Waals surface area contributed by atoms with Crippen LogP contribution in [0, 0.1) is 0 Å². The third kappa shape index (κ3) is 3.98. The van der Waals surface area contributed by atoms with Crippen LogP contribution in [-0.2, 0) is 18.3 Å². The Bertz CT molecular complexity index is 1000. The maximum Gasteiger partial charge on any atom is 0.354 e. The maximum absolute atomic E-state index is 11.8. The molecule has 0 aromatic carbocycles. The second kappa shape index (κ2) is 7.86. The lowest BCUT2D eigenvalue weighted by molar-refractivity contribution is -0.117. The molecule has 1 fully saturated rings. The Kier molecular flexibility index (Phi) is 5.34. The number of carbonyl (C=O) groups is 3. The van der Waals surface area contributed by atoms with Gasteiger partial charge in [0.2, 0.25) is 5.91 Å². The summed E-state index contributed by atoms with van der Waals surface area (Å²) >= 11 is 0. The SMILES string of the molecule is Cn1ncc(C(=O)N2CCC2)c1C(=O)O.NC(=O)Cc1nc2ccccn2n1. The molecule has 3 N–H and O–H groups in total. The largest absolute Gasteiger partial charge is 0.477 e. The predicted octanol–water partition coefficient (Wildman–Crippen LogP) is -0.279. The summed E-state index contributed by atoms with van der Waals surface area (Å²) in [5, 5.41) is 16.8. The third-order valence-corrected chi connectivity index (χ3v) is 4.13. The number of carboxylic acid groups (broad SMARTS) is 1. The van der Waals surface area contributed by atoms with E-state index in [1.807, 2.05) is 18.2 Å². The quantitative estimate of drug-likeness (QED) is 0.627. The van der Waals surface area contributed by atoms with Gasteiger partial charge in [-0.1, -0.05) is 6.07 Å². The van der Waals surface area contributed by atoms with Crippen LogP contribution in [0.4, 0.5) is 0 Å². The second-order valence-corrected chi connectivity index (χ2v) is 6.16. The van der Waals surface area contributed by atoms with E-state index >= 15 is 0 Å². The molecule has 3 aromatic heterocycles. The van der Waals surface area contributed by atoms with Gasteiger partial charge in [-0.3, -0.25) is 14.3 Å². The number of aryl methyl sites for hydroxylation is 1. The average Bonchev–Trinajstić information content (AvgIpc) is 3.15. The summed E-state index contributed by atoms with van der Waals surface area (Å²) < 4.78 is 2.81. The number of aromatic nitrogens is 5. The van der Waals surface area contributed by atoms with Crippen molar-refractivity contribution in [1.82, 2.24) is 29.3 Å². The predicted molar refractivity (Wildman–Crippen MR) is 96.6 cm³/mol. The summed E-state index contributed by atoms with van der Waals surface area (Å²) in [5.74, 6) is -1.33. The Morgan fingerprint density at radius 1 is 1.25 bits per heavy atom. The molecule has 1 aliphatic rings. The molecule has 4 rings (SSSR count). The lowest BCUT2D eigenvalue weighted by Crippen LogP contribution is -2.42. The van der Waals surface area contributed by atoms with Gasteiger partial charge in [-0.05, 0) is 18.6 Å². The van der Waals surface area contributed by atoms with Crippen LogP contribution in [-0.4, -0.2) is 65.3 Å². The van der Waals surface area contributed by atoms with Crippen LogP contribution in [0.5, 0.6) is 0 Å². The highest BCUT2D eigenvalue weighted by atomic mass is 16.4. The number of nitrogens with two attached hydrogens (primary N) is 1. The van der Waals surface area contributed by atoms with E-state index in [1.54, 1.807) is 15.6 Å². The number of aromatic carboxylic acids is 1. The summed E-state index contributed by atoms with van der Waals surface area (Å²) in [6.07, 6.45) is 4.15. The molecular formula is C17H19N7O4. The van der Waals surface area contributed by atoms with Crippen LogP contribution >= 0.6 is 0 Å². The van der Waals surface area contributed by atoms with Gasteiger partial charge in [0.1, 0.15) is 0 Å². The van der Waals surface area contributed by atoms with Gasteiger partial charge in [0.15, 0.2) is 17.2 Å². The van der Waals surface area contributed by atoms with Gasteiger partial charge in [-0.2, -0.15) is 10.2 Å². The Hall–Kier alpha value is -3.76. The van der Waals surface area contributed by atoms with E-state index in [0.29, 0.717) is 18.9 Å². The van der Waals surface area contributed by atoms with Gasteiger partial charge in [0.25, 0.3) is 5.91 Å². The van der Waals surface area contributed by atoms with E-state index in [9.17, 15) is 14.4 Å². The first kappa shape index (κ1) is 19.0. The zero-order chi connectivity index (χ0) is 20.3. The first-order valence-corrected chi connectivity index (χ1v) is 8.50.